The minimum absolute atomic E-state index is 0.315. The van der Waals surface area contributed by atoms with Gasteiger partial charge in [0.05, 0.1) is 13.7 Å². The molecular formula is C16H25NO4. The van der Waals surface area contributed by atoms with E-state index in [1.807, 2.05) is 39.0 Å². The first kappa shape index (κ1) is 17.3. The second kappa shape index (κ2) is 8.52. The normalized spacial score (nSPS) is 12.2. The summed E-state index contributed by atoms with van der Waals surface area (Å²) < 4.78 is 10.9. The van der Waals surface area contributed by atoms with Crippen LogP contribution in [0.15, 0.2) is 18.2 Å². The average molecular weight is 295 g/mol. The molecule has 5 nitrogen and oxygen atoms in total. The first-order chi connectivity index (χ1) is 9.99. The molecule has 1 rings (SSSR count). The van der Waals surface area contributed by atoms with Crippen LogP contribution < -0.4 is 14.8 Å². The van der Waals surface area contributed by atoms with Gasteiger partial charge in [0.2, 0.25) is 0 Å². The number of carbonyl (C=O) groups is 1. The Bertz CT molecular complexity index is 460. The molecule has 5 heteroatoms. The quantitative estimate of drug-likeness (QED) is 0.733. The van der Waals surface area contributed by atoms with E-state index in [1.165, 1.54) is 0 Å². The van der Waals surface area contributed by atoms with Gasteiger partial charge in [0.15, 0.2) is 11.5 Å². The SMILES string of the molecule is CCOc1cccc(CNC(CC(C)C)C(=O)O)c1OC. The summed E-state index contributed by atoms with van der Waals surface area (Å²) in [4.78, 5) is 11.3. The summed E-state index contributed by atoms with van der Waals surface area (Å²) in [6, 6.07) is 5.06. The lowest BCUT2D eigenvalue weighted by atomic mass is 10.0. The predicted molar refractivity (Wildman–Crippen MR) is 81.9 cm³/mol. The molecule has 0 bridgehead atoms. The number of hydrogen-bond donors (Lipinski definition) is 2. The molecular weight excluding hydrogens is 270 g/mol. The van der Waals surface area contributed by atoms with E-state index in [2.05, 4.69) is 5.32 Å². The summed E-state index contributed by atoms with van der Waals surface area (Å²) >= 11 is 0. The highest BCUT2D eigenvalue weighted by Gasteiger charge is 2.19. The molecule has 0 aliphatic heterocycles. The van der Waals surface area contributed by atoms with Crippen molar-refractivity contribution in [3.63, 3.8) is 0 Å². The molecule has 0 aliphatic carbocycles. The molecule has 0 radical (unpaired) electrons. The molecule has 0 saturated heterocycles. The van der Waals surface area contributed by atoms with E-state index in [0.717, 1.165) is 5.56 Å². The molecule has 0 spiro atoms. The van der Waals surface area contributed by atoms with Crippen LogP contribution in [-0.4, -0.2) is 30.8 Å². The Morgan fingerprint density at radius 1 is 1.38 bits per heavy atom. The minimum Gasteiger partial charge on any atom is -0.493 e. The predicted octanol–water partition coefficient (Wildman–Crippen LogP) is 2.68. The molecule has 0 fully saturated rings. The minimum atomic E-state index is -0.830. The van der Waals surface area contributed by atoms with Crippen LogP contribution in [0.2, 0.25) is 0 Å². The molecule has 1 aromatic carbocycles. The maximum atomic E-state index is 11.3. The van der Waals surface area contributed by atoms with Gasteiger partial charge in [-0.2, -0.15) is 0 Å². The van der Waals surface area contributed by atoms with Gasteiger partial charge in [-0.25, -0.2) is 0 Å². The van der Waals surface area contributed by atoms with Crippen LogP contribution in [0, 0.1) is 5.92 Å². The van der Waals surface area contributed by atoms with E-state index in [4.69, 9.17) is 9.47 Å². The molecule has 2 N–H and O–H groups in total. The zero-order valence-corrected chi connectivity index (χ0v) is 13.2. The van der Waals surface area contributed by atoms with Gasteiger partial charge in [0.1, 0.15) is 6.04 Å². The Kier molecular flexibility index (Phi) is 7.02. The highest BCUT2D eigenvalue weighted by atomic mass is 16.5. The summed E-state index contributed by atoms with van der Waals surface area (Å²) in [6.07, 6.45) is 0.586. The van der Waals surface area contributed by atoms with Gasteiger partial charge in [-0.1, -0.05) is 26.0 Å². The van der Waals surface area contributed by atoms with Crippen LogP contribution in [0.25, 0.3) is 0 Å². The fourth-order valence-electron chi connectivity index (χ4n) is 2.18. The lowest BCUT2D eigenvalue weighted by Crippen LogP contribution is -2.37. The van der Waals surface area contributed by atoms with Crippen molar-refractivity contribution in [3.8, 4) is 11.5 Å². The third-order valence-electron chi connectivity index (χ3n) is 3.11. The summed E-state index contributed by atoms with van der Waals surface area (Å²) in [6.45, 7) is 6.90. The first-order valence-electron chi connectivity index (χ1n) is 7.24. The van der Waals surface area contributed by atoms with Crippen molar-refractivity contribution in [3.05, 3.63) is 23.8 Å². The fraction of sp³-hybridized carbons (Fsp3) is 0.562. The zero-order valence-electron chi connectivity index (χ0n) is 13.2. The number of rotatable bonds is 9. The zero-order chi connectivity index (χ0) is 15.8. The van der Waals surface area contributed by atoms with E-state index < -0.39 is 12.0 Å². The van der Waals surface area contributed by atoms with Gasteiger partial charge in [0, 0.05) is 12.1 Å². The second-order valence-electron chi connectivity index (χ2n) is 5.28. The van der Waals surface area contributed by atoms with Crippen molar-refractivity contribution in [2.45, 2.75) is 39.8 Å². The Hall–Kier alpha value is -1.75. The molecule has 21 heavy (non-hydrogen) atoms. The van der Waals surface area contributed by atoms with Crippen LogP contribution in [0.5, 0.6) is 11.5 Å². The smallest absolute Gasteiger partial charge is 0.320 e. The van der Waals surface area contributed by atoms with Gasteiger partial charge in [-0.05, 0) is 25.3 Å². The van der Waals surface area contributed by atoms with E-state index >= 15 is 0 Å². The van der Waals surface area contributed by atoms with Crippen molar-refractivity contribution >= 4 is 5.97 Å². The average Bonchev–Trinajstić information content (AvgIpc) is 2.43. The van der Waals surface area contributed by atoms with Crippen molar-refractivity contribution in [2.75, 3.05) is 13.7 Å². The van der Waals surface area contributed by atoms with Crippen LogP contribution in [0.3, 0.4) is 0 Å². The Balaban J connectivity index is 2.82. The molecule has 1 unspecified atom stereocenters. The number of para-hydroxylation sites is 1. The van der Waals surface area contributed by atoms with E-state index in [1.54, 1.807) is 7.11 Å². The third-order valence-corrected chi connectivity index (χ3v) is 3.11. The van der Waals surface area contributed by atoms with Crippen molar-refractivity contribution < 1.29 is 19.4 Å². The summed E-state index contributed by atoms with van der Waals surface area (Å²) in [5.74, 6) is 0.814. The van der Waals surface area contributed by atoms with Gasteiger partial charge in [-0.15, -0.1) is 0 Å². The molecule has 1 aromatic rings. The molecule has 0 saturated carbocycles. The van der Waals surface area contributed by atoms with Crippen molar-refractivity contribution in [2.24, 2.45) is 5.92 Å². The molecule has 0 aliphatic rings. The molecule has 1 atom stereocenters. The summed E-state index contributed by atoms with van der Waals surface area (Å²) in [5.41, 5.74) is 0.887. The molecule has 0 aromatic heterocycles. The number of methoxy groups -OCH3 is 1. The number of carboxylic acid groups (broad SMARTS) is 1. The number of benzene rings is 1. The Morgan fingerprint density at radius 3 is 2.62 bits per heavy atom. The van der Waals surface area contributed by atoms with E-state index in [-0.39, 0.29) is 0 Å². The Labute approximate surface area is 126 Å². The third kappa shape index (κ3) is 5.27. The van der Waals surface area contributed by atoms with Crippen LogP contribution in [0.4, 0.5) is 0 Å². The fourth-order valence-corrected chi connectivity index (χ4v) is 2.18. The van der Waals surface area contributed by atoms with Crippen LogP contribution in [0.1, 0.15) is 32.8 Å². The summed E-state index contributed by atoms with van der Waals surface area (Å²) in [7, 11) is 1.59. The monoisotopic (exact) mass is 295 g/mol. The van der Waals surface area contributed by atoms with Gasteiger partial charge in [-0.3, -0.25) is 4.79 Å². The highest BCUT2D eigenvalue weighted by Crippen LogP contribution is 2.31. The molecule has 118 valence electrons. The highest BCUT2D eigenvalue weighted by molar-refractivity contribution is 5.73. The first-order valence-corrected chi connectivity index (χ1v) is 7.24. The van der Waals surface area contributed by atoms with Crippen LogP contribution in [-0.2, 0) is 11.3 Å². The number of ether oxygens (including phenoxy) is 2. The van der Waals surface area contributed by atoms with Crippen molar-refractivity contribution in [1.82, 2.24) is 5.32 Å². The van der Waals surface area contributed by atoms with Gasteiger partial charge in [0.25, 0.3) is 0 Å². The van der Waals surface area contributed by atoms with Crippen LogP contribution >= 0.6 is 0 Å². The number of hydrogen-bond acceptors (Lipinski definition) is 4. The lowest BCUT2D eigenvalue weighted by molar-refractivity contribution is -0.140. The number of carboxylic acids is 1. The maximum Gasteiger partial charge on any atom is 0.320 e. The van der Waals surface area contributed by atoms with Crippen molar-refractivity contribution in [1.29, 1.82) is 0 Å². The lowest BCUT2D eigenvalue weighted by Gasteiger charge is -2.18. The van der Waals surface area contributed by atoms with Gasteiger partial charge < -0.3 is 19.9 Å². The van der Waals surface area contributed by atoms with E-state index in [0.29, 0.717) is 37.0 Å². The maximum absolute atomic E-state index is 11.3. The second-order valence-corrected chi connectivity index (χ2v) is 5.28. The standard InChI is InChI=1S/C16H25NO4/c1-5-21-14-8-6-7-12(15(14)20-4)10-17-13(16(18)19)9-11(2)3/h6-8,11,13,17H,5,9-10H2,1-4H3,(H,18,19). The number of aliphatic carboxylic acids is 1. The molecule has 0 amide bonds. The Morgan fingerprint density at radius 2 is 2.10 bits per heavy atom. The molecule has 0 heterocycles. The van der Waals surface area contributed by atoms with E-state index in [9.17, 15) is 9.90 Å². The topological polar surface area (TPSA) is 67.8 Å². The largest absolute Gasteiger partial charge is 0.493 e. The van der Waals surface area contributed by atoms with Gasteiger partial charge >= 0.3 is 5.97 Å². The number of nitrogens with one attached hydrogen (secondary N) is 1. The summed E-state index contributed by atoms with van der Waals surface area (Å²) in [5, 5.41) is 12.3.